The Labute approximate surface area is 130 Å². The van der Waals surface area contributed by atoms with Gasteiger partial charge in [0.05, 0.1) is 11.1 Å². The van der Waals surface area contributed by atoms with Crippen LogP contribution in [0.15, 0.2) is 24.3 Å². The molecule has 2 heterocycles. The van der Waals surface area contributed by atoms with E-state index in [4.69, 9.17) is 4.74 Å². The van der Waals surface area contributed by atoms with E-state index in [0.717, 1.165) is 11.8 Å². The molecule has 1 aromatic carbocycles. The average molecular weight is 316 g/mol. The maximum Gasteiger partial charge on any atom is 0.303 e. The monoisotopic (exact) mass is 316 g/mol. The number of ether oxygens (including phenoxy) is 1. The van der Waals surface area contributed by atoms with Gasteiger partial charge < -0.3 is 4.74 Å². The molecule has 1 saturated heterocycles. The fourth-order valence-electron chi connectivity index (χ4n) is 2.72. The van der Waals surface area contributed by atoms with E-state index in [-0.39, 0.29) is 17.5 Å². The summed E-state index contributed by atoms with van der Waals surface area (Å²) >= 11 is 0. The highest BCUT2D eigenvalue weighted by Crippen LogP contribution is 2.27. The molecule has 0 aromatic heterocycles. The van der Waals surface area contributed by atoms with Crippen LogP contribution in [0.25, 0.3) is 0 Å². The Balaban J connectivity index is 1.91. The van der Waals surface area contributed by atoms with Gasteiger partial charge >= 0.3 is 5.97 Å². The number of hydrogen-bond acceptors (Lipinski definition) is 6. The number of rotatable bonds is 2. The molecule has 8 nitrogen and oxygen atoms in total. The summed E-state index contributed by atoms with van der Waals surface area (Å²) in [7, 11) is 0. The number of nitrogens with one attached hydrogen (secondary N) is 1. The van der Waals surface area contributed by atoms with Crippen LogP contribution in [0.3, 0.4) is 0 Å². The second kappa shape index (κ2) is 5.31. The maximum atomic E-state index is 12.4. The van der Waals surface area contributed by atoms with Gasteiger partial charge in [-0.1, -0.05) is 12.1 Å². The lowest BCUT2D eigenvalue weighted by Gasteiger charge is -2.31. The van der Waals surface area contributed by atoms with Crippen molar-refractivity contribution in [2.75, 3.05) is 0 Å². The third-order valence-electron chi connectivity index (χ3n) is 3.72. The lowest BCUT2D eigenvalue weighted by Crippen LogP contribution is -2.59. The highest BCUT2D eigenvalue weighted by molar-refractivity contribution is 6.23. The van der Waals surface area contributed by atoms with E-state index < -0.39 is 41.7 Å². The summed E-state index contributed by atoms with van der Waals surface area (Å²) in [5, 5.41) is 2.03. The highest BCUT2D eigenvalue weighted by atomic mass is 16.5. The second-order valence-corrected chi connectivity index (χ2v) is 5.23. The molecule has 2 atom stereocenters. The van der Waals surface area contributed by atoms with Crippen molar-refractivity contribution in [2.45, 2.75) is 25.5 Å². The lowest BCUT2D eigenvalue weighted by molar-refractivity contribution is -0.159. The number of fused-ring (bicyclic) bond motifs is 1. The van der Waals surface area contributed by atoms with Crippen molar-refractivity contribution in [1.29, 1.82) is 0 Å². The topological polar surface area (TPSA) is 110 Å². The van der Waals surface area contributed by atoms with Crippen molar-refractivity contribution in [2.24, 2.45) is 0 Å². The predicted molar refractivity (Wildman–Crippen MR) is 74.1 cm³/mol. The Morgan fingerprint density at radius 3 is 2.17 bits per heavy atom. The molecule has 0 saturated carbocycles. The quantitative estimate of drug-likeness (QED) is 0.589. The van der Waals surface area contributed by atoms with Crippen LogP contribution in [0, 0.1) is 0 Å². The summed E-state index contributed by atoms with van der Waals surface area (Å²) in [5.74, 6) is -3.45. The van der Waals surface area contributed by atoms with Crippen molar-refractivity contribution < 1.29 is 28.7 Å². The molecule has 23 heavy (non-hydrogen) atoms. The minimum absolute atomic E-state index is 0.200. The van der Waals surface area contributed by atoms with Crippen LogP contribution in [-0.2, 0) is 19.1 Å². The maximum absolute atomic E-state index is 12.4. The van der Waals surface area contributed by atoms with Crippen LogP contribution in [0.5, 0.6) is 0 Å². The highest BCUT2D eigenvalue weighted by Gasteiger charge is 2.47. The molecule has 8 heteroatoms. The smallest absolute Gasteiger partial charge is 0.303 e. The molecule has 2 aliphatic rings. The van der Waals surface area contributed by atoms with E-state index >= 15 is 0 Å². The molecule has 1 N–H and O–H groups in total. The molecular weight excluding hydrogens is 304 g/mol. The first kappa shape index (κ1) is 14.9. The van der Waals surface area contributed by atoms with Gasteiger partial charge in [-0.2, -0.15) is 0 Å². The Bertz CT molecular complexity index is 721. The molecule has 3 rings (SSSR count). The van der Waals surface area contributed by atoms with E-state index in [1.807, 2.05) is 5.32 Å². The first-order valence-corrected chi connectivity index (χ1v) is 6.89. The second-order valence-electron chi connectivity index (χ2n) is 5.23. The number of carbonyl (C=O) groups excluding carboxylic acids is 5. The Hall–Kier alpha value is -3.03. The Kier molecular flexibility index (Phi) is 3.44. The van der Waals surface area contributed by atoms with Gasteiger partial charge in [0.15, 0.2) is 6.10 Å². The SMILES string of the molecule is CC(=O)OC1CC(N2C(=O)c3ccccc3C2=O)C(=O)NC1=O. The average Bonchev–Trinajstić information content (AvgIpc) is 2.74. The van der Waals surface area contributed by atoms with Gasteiger partial charge in [0.25, 0.3) is 17.7 Å². The van der Waals surface area contributed by atoms with Crippen LogP contribution < -0.4 is 5.32 Å². The van der Waals surface area contributed by atoms with E-state index in [1.165, 1.54) is 12.1 Å². The third kappa shape index (κ3) is 2.37. The summed E-state index contributed by atoms with van der Waals surface area (Å²) in [6, 6.07) is 5.00. The molecule has 0 bridgehead atoms. The summed E-state index contributed by atoms with van der Waals surface area (Å²) in [5.41, 5.74) is 0.400. The Morgan fingerprint density at radius 2 is 1.65 bits per heavy atom. The van der Waals surface area contributed by atoms with E-state index in [1.54, 1.807) is 12.1 Å². The number of benzene rings is 1. The van der Waals surface area contributed by atoms with Crippen LogP contribution in [-0.4, -0.2) is 46.6 Å². The summed E-state index contributed by atoms with van der Waals surface area (Å²) in [6.45, 7) is 1.13. The summed E-state index contributed by atoms with van der Waals surface area (Å²) in [6.07, 6.45) is -1.48. The van der Waals surface area contributed by atoms with Crippen LogP contribution in [0.2, 0.25) is 0 Å². The van der Waals surface area contributed by atoms with Gasteiger partial charge in [-0.15, -0.1) is 0 Å². The molecule has 0 aliphatic carbocycles. The van der Waals surface area contributed by atoms with Crippen molar-refractivity contribution >= 4 is 29.6 Å². The molecule has 0 spiro atoms. The van der Waals surface area contributed by atoms with Gasteiger partial charge in [0, 0.05) is 13.3 Å². The molecule has 1 fully saturated rings. The fraction of sp³-hybridized carbons (Fsp3) is 0.267. The molecule has 0 radical (unpaired) electrons. The largest absolute Gasteiger partial charge is 0.452 e. The van der Waals surface area contributed by atoms with Gasteiger partial charge in [-0.3, -0.25) is 34.2 Å². The van der Waals surface area contributed by atoms with Crippen molar-refractivity contribution in [1.82, 2.24) is 10.2 Å². The molecule has 2 aliphatic heterocycles. The molecule has 2 unspecified atom stereocenters. The molecule has 1 aromatic rings. The normalized spacial score (nSPS) is 23.6. The minimum atomic E-state index is -1.22. The number of piperidine rings is 1. The predicted octanol–water partition coefficient (Wildman–Crippen LogP) is -0.371. The summed E-state index contributed by atoms with van der Waals surface area (Å²) < 4.78 is 4.84. The number of carbonyl (C=O) groups is 5. The zero-order valence-corrected chi connectivity index (χ0v) is 12.1. The fourth-order valence-corrected chi connectivity index (χ4v) is 2.72. The standard InChI is InChI=1S/C15H12N2O6/c1-7(18)23-11-6-10(12(19)16-13(11)20)17-14(21)8-4-2-3-5-9(8)15(17)22/h2-5,10-11H,6H2,1H3,(H,16,19,20). The van der Waals surface area contributed by atoms with Crippen LogP contribution in [0.4, 0.5) is 0 Å². The minimum Gasteiger partial charge on any atom is -0.452 e. The molecule has 118 valence electrons. The number of hydrogen-bond donors (Lipinski definition) is 1. The van der Waals surface area contributed by atoms with E-state index in [2.05, 4.69) is 0 Å². The van der Waals surface area contributed by atoms with E-state index in [0.29, 0.717) is 0 Å². The van der Waals surface area contributed by atoms with Gasteiger partial charge in [0.2, 0.25) is 5.91 Å². The first-order chi connectivity index (χ1) is 10.9. The number of imide groups is 2. The van der Waals surface area contributed by atoms with Crippen LogP contribution in [0.1, 0.15) is 34.1 Å². The Morgan fingerprint density at radius 1 is 1.09 bits per heavy atom. The third-order valence-corrected chi connectivity index (χ3v) is 3.72. The molecular formula is C15H12N2O6. The van der Waals surface area contributed by atoms with Gasteiger partial charge in [-0.25, -0.2) is 0 Å². The first-order valence-electron chi connectivity index (χ1n) is 6.89. The van der Waals surface area contributed by atoms with E-state index in [9.17, 15) is 24.0 Å². The van der Waals surface area contributed by atoms with Crippen LogP contribution >= 0.6 is 0 Å². The zero-order chi connectivity index (χ0) is 16.7. The zero-order valence-electron chi connectivity index (χ0n) is 12.1. The van der Waals surface area contributed by atoms with Crippen molar-refractivity contribution in [3.63, 3.8) is 0 Å². The number of amides is 4. The lowest BCUT2D eigenvalue weighted by atomic mass is 10.0. The number of esters is 1. The van der Waals surface area contributed by atoms with Gasteiger partial charge in [-0.05, 0) is 12.1 Å². The number of nitrogens with zero attached hydrogens (tertiary/aromatic N) is 1. The van der Waals surface area contributed by atoms with Gasteiger partial charge in [0.1, 0.15) is 6.04 Å². The molecule has 4 amide bonds. The summed E-state index contributed by atoms with van der Waals surface area (Å²) in [4.78, 5) is 60.4. The van der Waals surface area contributed by atoms with Crippen molar-refractivity contribution in [3.05, 3.63) is 35.4 Å². The van der Waals surface area contributed by atoms with Crippen molar-refractivity contribution in [3.8, 4) is 0 Å².